The zero-order chi connectivity index (χ0) is 16.8. The van der Waals surface area contributed by atoms with Gasteiger partial charge in [-0.2, -0.15) is 13.5 Å². The summed E-state index contributed by atoms with van der Waals surface area (Å²) in [6, 6.07) is 10.4. The summed E-state index contributed by atoms with van der Waals surface area (Å²) in [6.45, 7) is 7.93. The summed E-state index contributed by atoms with van der Waals surface area (Å²) in [5.74, 6) is 0. The molecule has 0 fully saturated rings. The molecule has 0 spiro atoms. The quantitative estimate of drug-likeness (QED) is 0.724. The van der Waals surface area contributed by atoms with E-state index in [1.165, 1.54) is 0 Å². The van der Waals surface area contributed by atoms with Crippen LogP contribution >= 0.6 is 0 Å². The molecule has 2 aromatic heterocycles. The highest BCUT2D eigenvalue weighted by molar-refractivity contribution is 7.90. The van der Waals surface area contributed by atoms with Crippen LogP contribution in [0.4, 0.5) is 0 Å². The Morgan fingerprint density at radius 2 is 1.70 bits per heavy atom. The number of benzene rings is 1. The maximum absolute atomic E-state index is 13.0. The van der Waals surface area contributed by atoms with Crippen LogP contribution in [-0.4, -0.2) is 22.6 Å². The fraction of sp³-hybridized carbons (Fsp3) is 0.294. The maximum atomic E-state index is 13.0. The highest BCUT2D eigenvalue weighted by atomic mass is 32.2. The van der Waals surface area contributed by atoms with Crippen molar-refractivity contribution >= 4 is 21.1 Å². The van der Waals surface area contributed by atoms with E-state index in [2.05, 4.69) is 10.1 Å². The van der Waals surface area contributed by atoms with Crippen LogP contribution in [0.3, 0.4) is 0 Å². The second kappa shape index (κ2) is 5.16. The first-order valence-corrected chi connectivity index (χ1v) is 8.82. The average molecular weight is 329 g/mol. The number of hydrogen-bond donors (Lipinski definition) is 0. The minimum absolute atomic E-state index is 0.207. The summed E-state index contributed by atoms with van der Waals surface area (Å²) in [5, 5.41) is 5.16. The minimum Gasteiger partial charge on any atom is -0.236 e. The molecule has 0 saturated heterocycles. The summed E-state index contributed by atoms with van der Waals surface area (Å²) >= 11 is 0. The van der Waals surface area contributed by atoms with Gasteiger partial charge in [-0.1, -0.05) is 38.5 Å². The number of hydrogen-bond acceptors (Lipinski definition) is 4. The molecule has 3 aromatic rings. The van der Waals surface area contributed by atoms with E-state index in [0.29, 0.717) is 5.65 Å². The Hall–Kier alpha value is -2.21. The summed E-state index contributed by atoms with van der Waals surface area (Å²) in [4.78, 5) is 4.45. The molecule has 23 heavy (non-hydrogen) atoms. The third-order valence-electron chi connectivity index (χ3n) is 3.67. The molecule has 0 aliphatic rings. The van der Waals surface area contributed by atoms with Gasteiger partial charge < -0.3 is 0 Å². The summed E-state index contributed by atoms with van der Waals surface area (Å²) < 4.78 is 27.0. The monoisotopic (exact) mass is 329 g/mol. The van der Waals surface area contributed by atoms with Crippen molar-refractivity contribution in [1.82, 2.24) is 14.2 Å². The smallest absolute Gasteiger partial charge is 0.236 e. The van der Waals surface area contributed by atoms with Crippen molar-refractivity contribution in [3.05, 3.63) is 53.9 Å². The minimum atomic E-state index is -3.78. The first kappa shape index (κ1) is 15.7. The van der Waals surface area contributed by atoms with Gasteiger partial charge in [-0.3, -0.25) is 0 Å². The van der Waals surface area contributed by atoms with Gasteiger partial charge in [-0.25, -0.2) is 4.98 Å². The van der Waals surface area contributed by atoms with Crippen LogP contribution in [0.15, 0.2) is 47.5 Å². The van der Waals surface area contributed by atoms with E-state index in [0.717, 1.165) is 20.7 Å². The lowest BCUT2D eigenvalue weighted by Gasteiger charge is -2.15. The third-order valence-corrected chi connectivity index (χ3v) is 5.25. The Morgan fingerprint density at radius 1 is 1.04 bits per heavy atom. The zero-order valence-electron chi connectivity index (χ0n) is 13.6. The van der Waals surface area contributed by atoms with Crippen molar-refractivity contribution in [1.29, 1.82) is 0 Å². The molecule has 2 heterocycles. The standard InChI is InChI=1S/C17H19N3O2S/c1-12-7-9-13(10-8-12)23(21,22)20-16-14(6-5-11-18-16)15(19-20)17(2,3)4/h5-11H,1-4H3. The van der Waals surface area contributed by atoms with Crippen molar-refractivity contribution < 1.29 is 8.42 Å². The molecule has 0 aliphatic heterocycles. The fourth-order valence-corrected chi connectivity index (χ4v) is 3.70. The fourth-order valence-electron chi connectivity index (χ4n) is 2.46. The Balaban J connectivity index is 2.30. The van der Waals surface area contributed by atoms with Crippen LogP contribution in [-0.2, 0) is 15.4 Å². The molecule has 5 nitrogen and oxygen atoms in total. The third kappa shape index (κ3) is 2.63. The van der Waals surface area contributed by atoms with Gasteiger partial charge in [0.15, 0.2) is 5.65 Å². The van der Waals surface area contributed by atoms with Crippen molar-refractivity contribution in [3.8, 4) is 0 Å². The topological polar surface area (TPSA) is 64.8 Å². The predicted octanol–water partition coefficient (Wildman–Crippen LogP) is 3.27. The molecule has 0 saturated carbocycles. The number of rotatable bonds is 2. The summed E-state index contributed by atoms with van der Waals surface area (Å²) in [6.07, 6.45) is 1.58. The van der Waals surface area contributed by atoms with Gasteiger partial charge in [0.1, 0.15) is 0 Å². The molecule has 0 N–H and O–H groups in total. The predicted molar refractivity (Wildman–Crippen MR) is 90.0 cm³/mol. The van der Waals surface area contributed by atoms with E-state index in [1.54, 1.807) is 36.5 Å². The van der Waals surface area contributed by atoms with Crippen LogP contribution < -0.4 is 0 Å². The molecule has 120 valence electrons. The van der Waals surface area contributed by atoms with Gasteiger partial charge >= 0.3 is 0 Å². The van der Waals surface area contributed by atoms with Crippen LogP contribution in [0, 0.1) is 6.92 Å². The van der Waals surface area contributed by atoms with E-state index < -0.39 is 10.0 Å². The van der Waals surface area contributed by atoms with Gasteiger partial charge in [0.25, 0.3) is 10.0 Å². The Bertz CT molecular complexity index is 965. The van der Waals surface area contributed by atoms with E-state index in [-0.39, 0.29) is 10.3 Å². The molecule has 0 atom stereocenters. The molecular weight excluding hydrogens is 310 g/mol. The lowest BCUT2D eigenvalue weighted by molar-refractivity contribution is 0.556. The highest BCUT2D eigenvalue weighted by Crippen LogP contribution is 2.30. The van der Waals surface area contributed by atoms with Crippen molar-refractivity contribution in [2.45, 2.75) is 38.0 Å². The molecule has 0 unspecified atom stereocenters. The Morgan fingerprint density at radius 3 is 2.30 bits per heavy atom. The normalized spacial score (nSPS) is 12.7. The van der Waals surface area contributed by atoms with E-state index >= 15 is 0 Å². The van der Waals surface area contributed by atoms with Crippen LogP contribution in [0.2, 0.25) is 0 Å². The summed E-state index contributed by atoms with van der Waals surface area (Å²) in [7, 11) is -3.78. The van der Waals surface area contributed by atoms with Crippen LogP contribution in [0.5, 0.6) is 0 Å². The molecule has 0 radical (unpaired) electrons. The highest BCUT2D eigenvalue weighted by Gasteiger charge is 2.28. The van der Waals surface area contributed by atoms with Crippen LogP contribution in [0.25, 0.3) is 11.0 Å². The molecular formula is C17H19N3O2S. The first-order valence-electron chi connectivity index (χ1n) is 7.38. The van der Waals surface area contributed by atoms with Crippen molar-refractivity contribution in [2.75, 3.05) is 0 Å². The lowest BCUT2D eigenvalue weighted by Crippen LogP contribution is -2.18. The number of nitrogens with zero attached hydrogens (tertiary/aromatic N) is 3. The Labute approximate surface area is 136 Å². The second-order valence-electron chi connectivity index (χ2n) is 6.63. The van der Waals surface area contributed by atoms with Gasteiger partial charge in [-0.15, -0.1) is 4.09 Å². The molecule has 3 rings (SSSR count). The lowest BCUT2D eigenvalue weighted by atomic mass is 9.90. The largest absolute Gasteiger partial charge is 0.284 e. The number of aromatic nitrogens is 3. The second-order valence-corrected chi connectivity index (χ2v) is 8.40. The molecule has 1 aromatic carbocycles. The molecule has 0 amide bonds. The Kier molecular flexibility index (Phi) is 3.52. The average Bonchev–Trinajstić information content (AvgIpc) is 2.88. The molecule has 0 bridgehead atoms. The van der Waals surface area contributed by atoms with Gasteiger partial charge in [0.05, 0.1) is 10.6 Å². The molecule has 0 aliphatic carbocycles. The van der Waals surface area contributed by atoms with Crippen LogP contribution in [0.1, 0.15) is 32.0 Å². The van der Waals surface area contributed by atoms with Gasteiger partial charge in [0.2, 0.25) is 0 Å². The van der Waals surface area contributed by atoms with Crippen molar-refractivity contribution in [3.63, 3.8) is 0 Å². The number of pyridine rings is 1. The zero-order valence-corrected chi connectivity index (χ0v) is 14.4. The first-order chi connectivity index (χ1) is 10.7. The SMILES string of the molecule is Cc1ccc(S(=O)(=O)n2nc(C(C)(C)C)c3cccnc32)cc1. The number of fused-ring (bicyclic) bond motifs is 1. The maximum Gasteiger partial charge on any atom is 0.284 e. The van der Waals surface area contributed by atoms with Gasteiger partial charge in [0, 0.05) is 17.0 Å². The molecule has 6 heteroatoms. The number of aryl methyl sites for hydroxylation is 1. The van der Waals surface area contributed by atoms with Crippen molar-refractivity contribution in [2.24, 2.45) is 0 Å². The summed E-state index contributed by atoms with van der Waals surface area (Å²) in [5.41, 5.74) is 1.80. The van der Waals surface area contributed by atoms with E-state index in [9.17, 15) is 8.42 Å². The van der Waals surface area contributed by atoms with E-state index in [4.69, 9.17) is 0 Å². The van der Waals surface area contributed by atoms with E-state index in [1.807, 2.05) is 33.8 Å². The van der Waals surface area contributed by atoms with Gasteiger partial charge in [-0.05, 0) is 31.2 Å².